The van der Waals surface area contributed by atoms with Gasteiger partial charge in [0.05, 0.1) is 5.56 Å². The average Bonchev–Trinajstić information content (AvgIpc) is 3.09. The number of nitrogens with one attached hydrogen (secondary N) is 1. The Balaban J connectivity index is 1.80. The molecule has 1 amide bonds. The van der Waals surface area contributed by atoms with E-state index >= 15 is 0 Å². The fourth-order valence-electron chi connectivity index (χ4n) is 3.67. The Hall–Kier alpha value is -2.70. The minimum Gasteiger partial charge on any atom is -0.321 e. The van der Waals surface area contributed by atoms with E-state index in [1.807, 2.05) is 24.5 Å². The molecule has 30 heavy (non-hydrogen) atoms. The maximum atomic E-state index is 13.0. The summed E-state index contributed by atoms with van der Waals surface area (Å²) in [6.45, 7) is 3.79. The van der Waals surface area contributed by atoms with Gasteiger partial charge in [0, 0.05) is 43.9 Å². The van der Waals surface area contributed by atoms with E-state index < -0.39 is 17.6 Å². The lowest BCUT2D eigenvalue weighted by Crippen LogP contribution is -2.06. The molecule has 0 fully saturated rings. The highest BCUT2D eigenvalue weighted by molar-refractivity contribution is 6.35. The molecule has 0 saturated heterocycles. The third-order valence-electron chi connectivity index (χ3n) is 5.01. The second-order valence-corrected chi connectivity index (χ2v) is 7.93. The highest BCUT2D eigenvalue weighted by Gasteiger charge is 2.33. The Morgan fingerprint density at radius 3 is 2.30 bits per heavy atom. The summed E-state index contributed by atoms with van der Waals surface area (Å²) >= 11 is 12.3. The molecule has 0 radical (unpaired) electrons. The number of rotatable bonds is 2. The summed E-state index contributed by atoms with van der Waals surface area (Å²) in [5.41, 5.74) is 3.36. The zero-order valence-corrected chi connectivity index (χ0v) is 17.4. The van der Waals surface area contributed by atoms with Crippen LogP contribution in [0.3, 0.4) is 0 Å². The molecule has 0 atom stereocenters. The number of hydrogen-bond acceptors (Lipinski definition) is 1. The van der Waals surface area contributed by atoms with Crippen molar-refractivity contribution in [2.45, 2.75) is 20.0 Å². The zero-order chi connectivity index (χ0) is 21.8. The van der Waals surface area contributed by atoms with Crippen molar-refractivity contribution in [3.05, 3.63) is 80.6 Å². The number of aryl methyl sites for hydroxylation is 1. The van der Waals surface area contributed by atoms with Gasteiger partial charge in [-0.2, -0.15) is 13.2 Å². The number of amides is 1. The highest BCUT2D eigenvalue weighted by atomic mass is 35.5. The molecule has 2 heterocycles. The number of alkyl halides is 3. The van der Waals surface area contributed by atoms with Crippen LogP contribution in [0.4, 0.5) is 18.9 Å². The summed E-state index contributed by atoms with van der Waals surface area (Å²) in [6, 6.07) is 10.3. The zero-order valence-electron chi connectivity index (χ0n) is 15.9. The van der Waals surface area contributed by atoms with Crippen molar-refractivity contribution in [3.8, 4) is 5.69 Å². The molecule has 0 bridgehead atoms. The number of halogens is 5. The number of hydrogen-bond donors (Lipinski definition) is 1. The first-order valence-electron chi connectivity index (χ1n) is 8.94. The van der Waals surface area contributed by atoms with E-state index in [1.165, 1.54) is 6.07 Å². The van der Waals surface area contributed by atoms with Crippen LogP contribution in [0.15, 0.2) is 42.5 Å². The molecule has 4 rings (SSSR count). The van der Waals surface area contributed by atoms with Crippen molar-refractivity contribution in [1.29, 1.82) is 0 Å². The van der Waals surface area contributed by atoms with Gasteiger partial charge in [0.15, 0.2) is 0 Å². The standard InChI is InChI=1S/C22H15Cl2F3N2O/c1-11-5-13(12(2)29(11)17-9-15(23)8-16(24)10-17)6-19-18-4-3-14(22(25,26)27)7-20(18)28-21(19)30/h3-10H,1-2H3,(H,28,30)/b19-6+. The minimum atomic E-state index is -4.48. The van der Waals surface area contributed by atoms with E-state index in [9.17, 15) is 18.0 Å². The monoisotopic (exact) mass is 450 g/mol. The Labute approximate surface area is 180 Å². The van der Waals surface area contributed by atoms with Gasteiger partial charge in [-0.15, -0.1) is 0 Å². The van der Waals surface area contributed by atoms with E-state index in [4.69, 9.17) is 23.2 Å². The number of benzene rings is 2. The molecule has 8 heteroatoms. The lowest BCUT2D eigenvalue weighted by molar-refractivity contribution is -0.137. The van der Waals surface area contributed by atoms with E-state index in [-0.39, 0.29) is 5.69 Å². The number of fused-ring (bicyclic) bond motifs is 1. The van der Waals surface area contributed by atoms with Gasteiger partial charge in [-0.3, -0.25) is 4.79 Å². The molecular weight excluding hydrogens is 436 g/mol. The quantitative estimate of drug-likeness (QED) is 0.422. The van der Waals surface area contributed by atoms with Crippen LogP contribution in [0.1, 0.15) is 28.1 Å². The molecule has 1 aliphatic heterocycles. The largest absolute Gasteiger partial charge is 0.416 e. The summed E-state index contributed by atoms with van der Waals surface area (Å²) in [5.74, 6) is -0.445. The number of carbonyl (C=O) groups excluding carboxylic acids is 1. The van der Waals surface area contributed by atoms with Crippen LogP contribution in [0.5, 0.6) is 0 Å². The maximum Gasteiger partial charge on any atom is 0.416 e. The molecule has 154 valence electrons. The van der Waals surface area contributed by atoms with Gasteiger partial charge >= 0.3 is 6.18 Å². The molecule has 1 aliphatic rings. The SMILES string of the molecule is Cc1cc(/C=C2/C(=O)Nc3cc(C(F)(F)F)ccc32)c(C)n1-c1cc(Cl)cc(Cl)c1. The first-order valence-corrected chi connectivity index (χ1v) is 9.70. The molecule has 1 N–H and O–H groups in total. The maximum absolute atomic E-state index is 13.0. The highest BCUT2D eigenvalue weighted by Crippen LogP contribution is 2.39. The number of anilines is 1. The number of aromatic nitrogens is 1. The molecule has 0 saturated carbocycles. The van der Waals surface area contributed by atoms with Crippen LogP contribution < -0.4 is 5.32 Å². The van der Waals surface area contributed by atoms with Crippen LogP contribution in [0.25, 0.3) is 17.3 Å². The first-order chi connectivity index (χ1) is 14.0. The van der Waals surface area contributed by atoms with Crippen LogP contribution in [0.2, 0.25) is 10.0 Å². The van der Waals surface area contributed by atoms with Crippen LogP contribution in [-0.2, 0) is 11.0 Å². The summed E-state index contributed by atoms with van der Waals surface area (Å²) in [5, 5.41) is 3.51. The van der Waals surface area contributed by atoms with Gasteiger partial charge in [-0.25, -0.2) is 0 Å². The second kappa shape index (κ2) is 7.22. The van der Waals surface area contributed by atoms with Gasteiger partial charge in [0.25, 0.3) is 5.91 Å². The number of nitrogens with zero attached hydrogens (tertiary/aromatic N) is 1. The van der Waals surface area contributed by atoms with Crippen LogP contribution in [-0.4, -0.2) is 10.5 Å². The molecule has 0 unspecified atom stereocenters. The van der Waals surface area contributed by atoms with E-state index in [1.54, 1.807) is 24.3 Å². The fourth-order valence-corrected chi connectivity index (χ4v) is 4.18. The normalized spacial score (nSPS) is 14.9. The van der Waals surface area contributed by atoms with Gasteiger partial charge in [0.1, 0.15) is 0 Å². The molecule has 3 nitrogen and oxygen atoms in total. The van der Waals surface area contributed by atoms with Crippen molar-refractivity contribution in [2.75, 3.05) is 5.32 Å². The Morgan fingerprint density at radius 2 is 1.67 bits per heavy atom. The first kappa shape index (κ1) is 20.6. The number of carbonyl (C=O) groups is 1. The van der Waals surface area contributed by atoms with Gasteiger partial charge in [0.2, 0.25) is 0 Å². The predicted octanol–water partition coefficient (Wildman–Crippen LogP) is 6.91. The second-order valence-electron chi connectivity index (χ2n) is 7.06. The van der Waals surface area contributed by atoms with Gasteiger partial charge < -0.3 is 9.88 Å². The summed E-state index contributed by atoms with van der Waals surface area (Å²) in [7, 11) is 0. The van der Waals surface area contributed by atoms with Crippen LogP contribution in [0, 0.1) is 13.8 Å². The van der Waals surface area contributed by atoms with E-state index in [0.29, 0.717) is 21.2 Å². The molecule has 0 aliphatic carbocycles. The van der Waals surface area contributed by atoms with Crippen LogP contribution >= 0.6 is 23.2 Å². The third kappa shape index (κ3) is 3.61. The van der Waals surface area contributed by atoms with Gasteiger partial charge in [-0.05, 0) is 61.9 Å². The summed E-state index contributed by atoms with van der Waals surface area (Å²) < 4.78 is 40.8. The van der Waals surface area contributed by atoms with Crippen molar-refractivity contribution < 1.29 is 18.0 Å². The van der Waals surface area contributed by atoms with E-state index in [0.717, 1.165) is 34.8 Å². The van der Waals surface area contributed by atoms with E-state index in [2.05, 4.69) is 5.32 Å². The lowest BCUT2D eigenvalue weighted by Gasteiger charge is -2.11. The molecule has 1 aromatic heterocycles. The minimum absolute atomic E-state index is 0.150. The molecular formula is C22H15Cl2F3N2O. The lowest BCUT2D eigenvalue weighted by atomic mass is 10.0. The topological polar surface area (TPSA) is 34.0 Å². The smallest absolute Gasteiger partial charge is 0.321 e. The molecule has 3 aromatic rings. The predicted molar refractivity (Wildman–Crippen MR) is 113 cm³/mol. The molecule has 0 spiro atoms. The average molecular weight is 451 g/mol. The molecule has 2 aromatic carbocycles. The van der Waals surface area contributed by atoms with Crippen molar-refractivity contribution in [1.82, 2.24) is 4.57 Å². The Bertz CT molecular complexity index is 1210. The summed E-state index contributed by atoms with van der Waals surface area (Å²) in [4.78, 5) is 12.5. The summed E-state index contributed by atoms with van der Waals surface area (Å²) in [6.07, 6.45) is -2.80. The van der Waals surface area contributed by atoms with Crippen molar-refractivity contribution in [3.63, 3.8) is 0 Å². The third-order valence-corrected chi connectivity index (χ3v) is 5.44. The van der Waals surface area contributed by atoms with Crippen molar-refractivity contribution in [2.24, 2.45) is 0 Å². The Morgan fingerprint density at radius 1 is 1.00 bits per heavy atom. The van der Waals surface area contributed by atoms with Gasteiger partial charge in [-0.1, -0.05) is 29.3 Å². The van der Waals surface area contributed by atoms with Crippen molar-refractivity contribution >= 4 is 46.4 Å². The Kier molecular flexibility index (Phi) is 4.95. The fraction of sp³-hybridized carbons (Fsp3) is 0.136.